The van der Waals surface area contributed by atoms with Gasteiger partial charge < -0.3 is 15.4 Å². The molecule has 0 bridgehead atoms. The maximum absolute atomic E-state index is 12.7. The predicted octanol–water partition coefficient (Wildman–Crippen LogP) is 4.98. The molecule has 1 aromatic heterocycles. The first-order valence-electron chi connectivity index (χ1n) is 10.0. The molecule has 0 aliphatic carbocycles. The number of rotatable bonds is 9. The lowest BCUT2D eigenvalue weighted by Gasteiger charge is -2.20. The highest BCUT2D eigenvalue weighted by Gasteiger charge is 2.24. The van der Waals surface area contributed by atoms with Crippen molar-refractivity contribution in [2.45, 2.75) is 25.0 Å². The smallest absolute Gasteiger partial charge is 0.253 e. The highest BCUT2D eigenvalue weighted by molar-refractivity contribution is 7.99. The van der Waals surface area contributed by atoms with E-state index in [4.69, 9.17) is 27.9 Å². The zero-order valence-corrected chi connectivity index (χ0v) is 20.5. The first-order chi connectivity index (χ1) is 15.8. The minimum Gasteiger partial charge on any atom is -0.497 e. The summed E-state index contributed by atoms with van der Waals surface area (Å²) in [6, 6.07) is 11.4. The normalized spacial score (nSPS) is 11.8. The number of hydrogen-bond acceptors (Lipinski definition) is 6. The summed E-state index contributed by atoms with van der Waals surface area (Å²) in [6.07, 6.45) is 0. The van der Waals surface area contributed by atoms with E-state index in [1.165, 1.54) is 17.8 Å². The summed E-state index contributed by atoms with van der Waals surface area (Å²) in [5.41, 5.74) is 0.953. The Hall–Kier alpha value is -2.75. The van der Waals surface area contributed by atoms with E-state index in [-0.39, 0.29) is 28.5 Å². The van der Waals surface area contributed by atoms with Crippen molar-refractivity contribution >= 4 is 52.5 Å². The summed E-state index contributed by atoms with van der Waals surface area (Å²) < 4.78 is 5.15. The summed E-state index contributed by atoms with van der Waals surface area (Å²) in [5.74, 6) is 0.722. The molecule has 11 heteroatoms. The van der Waals surface area contributed by atoms with Gasteiger partial charge in [-0.2, -0.15) is 0 Å². The molecular weight excluding hydrogens is 485 g/mol. The molecule has 3 N–H and O–H groups in total. The first-order valence-corrected chi connectivity index (χ1v) is 11.8. The molecule has 0 radical (unpaired) electrons. The van der Waals surface area contributed by atoms with Crippen LogP contribution >= 0.6 is 35.0 Å². The number of amides is 2. The molecule has 174 valence electrons. The number of aromatic amines is 1. The molecular formula is C22H23Cl2N5O3S. The van der Waals surface area contributed by atoms with E-state index in [0.29, 0.717) is 33.0 Å². The van der Waals surface area contributed by atoms with Crippen LogP contribution in [0.15, 0.2) is 47.6 Å². The molecule has 3 rings (SSSR count). The minimum atomic E-state index is -0.434. The fourth-order valence-electron chi connectivity index (χ4n) is 2.93. The van der Waals surface area contributed by atoms with E-state index in [1.807, 2.05) is 13.8 Å². The number of H-pyrrole nitrogens is 1. The molecule has 3 aromatic rings. The third-order valence-electron chi connectivity index (χ3n) is 4.59. The fraction of sp³-hybridized carbons (Fsp3) is 0.273. The summed E-state index contributed by atoms with van der Waals surface area (Å²) in [7, 11) is 1.56. The number of nitrogens with zero attached hydrogens (tertiary/aromatic N) is 2. The van der Waals surface area contributed by atoms with Crippen LogP contribution in [0.25, 0.3) is 0 Å². The van der Waals surface area contributed by atoms with Crippen molar-refractivity contribution in [3.05, 3.63) is 63.9 Å². The van der Waals surface area contributed by atoms with Crippen molar-refractivity contribution in [2.75, 3.05) is 18.2 Å². The Balaban J connectivity index is 1.61. The lowest BCUT2D eigenvalue weighted by atomic mass is 10.0. The average Bonchev–Trinajstić information content (AvgIpc) is 3.24. The van der Waals surface area contributed by atoms with E-state index < -0.39 is 6.04 Å². The number of methoxy groups -OCH3 is 1. The molecule has 0 spiro atoms. The highest BCUT2D eigenvalue weighted by atomic mass is 35.5. The van der Waals surface area contributed by atoms with Crippen LogP contribution in [0.4, 0.5) is 5.69 Å². The Kier molecular flexibility index (Phi) is 8.60. The Bertz CT molecular complexity index is 1140. The second-order valence-electron chi connectivity index (χ2n) is 7.39. The van der Waals surface area contributed by atoms with Gasteiger partial charge in [0.1, 0.15) is 11.6 Å². The van der Waals surface area contributed by atoms with Crippen LogP contribution in [-0.2, 0) is 4.79 Å². The Labute approximate surface area is 205 Å². The topological polar surface area (TPSA) is 109 Å². The van der Waals surface area contributed by atoms with E-state index >= 15 is 0 Å². The summed E-state index contributed by atoms with van der Waals surface area (Å²) in [6.45, 7) is 3.90. The Morgan fingerprint density at radius 3 is 2.67 bits per heavy atom. The van der Waals surface area contributed by atoms with Gasteiger partial charge in [-0.15, -0.1) is 5.10 Å². The van der Waals surface area contributed by atoms with Gasteiger partial charge in [-0.1, -0.05) is 54.9 Å². The molecule has 33 heavy (non-hydrogen) atoms. The SMILES string of the molecule is COc1cccc(NC(=O)CSc2n[nH]c(C(NC(=O)c3ccc(Cl)cc3Cl)C(C)C)n2)c1. The summed E-state index contributed by atoms with van der Waals surface area (Å²) >= 11 is 13.2. The Morgan fingerprint density at radius 1 is 1.18 bits per heavy atom. The van der Waals surface area contributed by atoms with E-state index in [0.717, 1.165) is 0 Å². The zero-order valence-electron chi connectivity index (χ0n) is 18.2. The number of hydrogen-bond donors (Lipinski definition) is 3. The van der Waals surface area contributed by atoms with Crippen LogP contribution in [-0.4, -0.2) is 39.9 Å². The lowest BCUT2D eigenvalue weighted by molar-refractivity contribution is -0.113. The van der Waals surface area contributed by atoms with Crippen LogP contribution in [0.1, 0.15) is 36.1 Å². The van der Waals surface area contributed by atoms with Gasteiger partial charge in [0.2, 0.25) is 11.1 Å². The molecule has 0 fully saturated rings. The van der Waals surface area contributed by atoms with Crippen molar-refractivity contribution in [1.82, 2.24) is 20.5 Å². The van der Waals surface area contributed by atoms with E-state index in [2.05, 4.69) is 25.8 Å². The summed E-state index contributed by atoms with van der Waals surface area (Å²) in [5, 5.41) is 13.9. The molecule has 2 aromatic carbocycles. The van der Waals surface area contributed by atoms with Crippen LogP contribution in [0.3, 0.4) is 0 Å². The fourth-order valence-corrected chi connectivity index (χ4v) is 4.03. The second-order valence-corrected chi connectivity index (χ2v) is 9.18. The van der Waals surface area contributed by atoms with E-state index in [1.54, 1.807) is 43.5 Å². The number of anilines is 1. The molecule has 0 aliphatic heterocycles. The standard InChI is InChI=1S/C22H23Cl2N5O3S/c1-12(2)19(26-21(31)16-8-7-13(23)9-17(16)24)20-27-22(29-28-20)33-11-18(30)25-14-5-4-6-15(10-14)32-3/h4-10,12,19H,11H2,1-3H3,(H,25,30)(H,26,31)(H,27,28,29). The Morgan fingerprint density at radius 2 is 1.97 bits per heavy atom. The quantitative estimate of drug-likeness (QED) is 0.352. The maximum atomic E-state index is 12.7. The van der Waals surface area contributed by atoms with Crippen LogP contribution in [0.2, 0.25) is 10.0 Å². The molecule has 8 nitrogen and oxygen atoms in total. The molecule has 1 unspecified atom stereocenters. The first kappa shape index (κ1) is 24.9. The number of thioether (sulfide) groups is 1. The van der Waals surface area contributed by atoms with Gasteiger partial charge in [0.25, 0.3) is 5.91 Å². The molecule has 1 atom stereocenters. The van der Waals surface area contributed by atoms with Gasteiger partial charge in [0.15, 0.2) is 0 Å². The number of halogens is 2. The number of carbonyl (C=O) groups excluding carboxylic acids is 2. The van der Waals surface area contributed by atoms with Crippen molar-refractivity contribution in [3.63, 3.8) is 0 Å². The third kappa shape index (κ3) is 6.86. The van der Waals surface area contributed by atoms with Gasteiger partial charge in [0, 0.05) is 16.8 Å². The van der Waals surface area contributed by atoms with Crippen LogP contribution < -0.4 is 15.4 Å². The lowest BCUT2D eigenvalue weighted by Crippen LogP contribution is -2.32. The average molecular weight is 508 g/mol. The highest BCUT2D eigenvalue weighted by Crippen LogP contribution is 2.25. The number of carbonyl (C=O) groups is 2. The summed E-state index contributed by atoms with van der Waals surface area (Å²) in [4.78, 5) is 29.5. The van der Waals surface area contributed by atoms with Crippen molar-refractivity contribution in [3.8, 4) is 5.75 Å². The molecule has 2 amide bonds. The van der Waals surface area contributed by atoms with Crippen molar-refractivity contribution < 1.29 is 14.3 Å². The van der Waals surface area contributed by atoms with Crippen LogP contribution in [0, 0.1) is 5.92 Å². The van der Waals surface area contributed by atoms with Crippen LogP contribution in [0.5, 0.6) is 5.75 Å². The van der Waals surface area contributed by atoms with Gasteiger partial charge in [-0.25, -0.2) is 4.98 Å². The second kappa shape index (κ2) is 11.4. The predicted molar refractivity (Wildman–Crippen MR) is 130 cm³/mol. The number of ether oxygens (including phenoxy) is 1. The van der Waals surface area contributed by atoms with Gasteiger partial charge in [-0.05, 0) is 36.2 Å². The maximum Gasteiger partial charge on any atom is 0.253 e. The monoisotopic (exact) mass is 507 g/mol. The number of aromatic nitrogens is 3. The van der Waals surface area contributed by atoms with E-state index in [9.17, 15) is 9.59 Å². The zero-order chi connectivity index (χ0) is 24.0. The van der Waals surface area contributed by atoms with Crippen molar-refractivity contribution in [1.29, 1.82) is 0 Å². The molecule has 0 aliphatic rings. The number of nitrogens with one attached hydrogen (secondary N) is 3. The largest absolute Gasteiger partial charge is 0.497 e. The van der Waals surface area contributed by atoms with Gasteiger partial charge in [0.05, 0.1) is 29.5 Å². The minimum absolute atomic E-state index is 0.0159. The van der Waals surface area contributed by atoms with Gasteiger partial charge in [-0.3, -0.25) is 14.7 Å². The molecule has 0 saturated carbocycles. The number of benzene rings is 2. The molecule has 1 heterocycles. The molecule has 0 saturated heterocycles. The van der Waals surface area contributed by atoms with Gasteiger partial charge >= 0.3 is 0 Å². The third-order valence-corrected chi connectivity index (χ3v) is 5.99. The van der Waals surface area contributed by atoms with Crippen molar-refractivity contribution in [2.24, 2.45) is 5.92 Å².